The van der Waals surface area contributed by atoms with E-state index in [9.17, 15) is 4.79 Å². The molecule has 5 rings (SSSR count). The van der Waals surface area contributed by atoms with E-state index in [1.165, 1.54) is 0 Å². The van der Waals surface area contributed by atoms with Crippen molar-refractivity contribution < 1.29 is 4.74 Å². The van der Waals surface area contributed by atoms with Crippen molar-refractivity contribution in [3.63, 3.8) is 0 Å². The van der Waals surface area contributed by atoms with Crippen molar-refractivity contribution in [3.05, 3.63) is 57.8 Å². The average molecular weight is 413 g/mol. The van der Waals surface area contributed by atoms with Crippen molar-refractivity contribution in [2.75, 3.05) is 23.9 Å². The number of rotatable bonds is 2. The van der Waals surface area contributed by atoms with Crippen molar-refractivity contribution in [1.82, 2.24) is 14.8 Å². The number of aromatic nitrogens is 3. The summed E-state index contributed by atoms with van der Waals surface area (Å²) in [6, 6.07) is 12.9. The molecule has 3 heterocycles. The number of halogens is 1. The van der Waals surface area contributed by atoms with Gasteiger partial charge in [0, 0.05) is 34.0 Å². The van der Waals surface area contributed by atoms with Crippen molar-refractivity contribution in [1.29, 1.82) is 0 Å². The summed E-state index contributed by atoms with van der Waals surface area (Å²) < 4.78 is 7.09. The number of ether oxygens (including phenoxy) is 1. The lowest BCUT2D eigenvalue weighted by molar-refractivity contribution is 0.333. The quantitative estimate of drug-likeness (QED) is 0.689. The van der Waals surface area contributed by atoms with E-state index >= 15 is 0 Å². The molecule has 1 N–H and O–H groups in total. The minimum Gasteiger partial charge on any atom is -0.497 e. The molecule has 1 atom stereocenters. The predicted molar refractivity (Wildman–Crippen MR) is 112 cm³/mol. The summed E-state index contributed by atoms with van der Waals surface area (Å²) in [6.45, 7) is 0. The first-order valence-electron chi connectivity index (χ1n) is 8.92. The predicted octanol–water partition coefficient (Wildman–Crippen LogP) is 3.85. The smallest absolute Gasteiger partial charge is 0.300 e. The molecule has 0 amide bonds. The Balaban J connectivity index is 1.74. The van der Waals surface area contributed by atoms with Crippen LogP contribution in [0, 0.1) is 0 Å². The summed E-state index contributed by atoms with van der Waals surface area (Å²) in [5.41, 5.74) is 2.01. The minimum absolute atomic E-state index is 0.329. The van der Waals surface area contributed by atoms with E-state index in [1.807, 2.05) is 58.9 Å². The van der Waals surface area contributed by atoms with Gasteiger partial charge in [0.2, 0.25) is 0 Å². The van der Waals surface area contributed by atoms with Gasteiger partial charge in [-0.15, -0.1) is 0 Å². The number of nitrogens with one attached hydrogen (secondary N) is 1. The van der Waals surface area contributed by atoms with Gasteiger partial charge in [0.05, 0.1) is 7.11 Å². The normalized spacial score (nSPS) is 19.8. The summed E-state index contributed by atoms with van der Waals surface area (Å²) in [4.78, 5) is 17.3. The number of methoxy groups -OCH3 is 1. The van der Waals surface area contributed by atoms with Gasteiger partial charge < -0.3 is 10.1 Å². The Kier molecular flexibility index (Phi) is 4.10. The molecular weight excluding hydrogens is 396 g/mol. The lowest BCUT2D eigenvalue weighted by Gasteiger charge is -2.38. The van der Waals surface area contributed by atoms with E-state index in [1.54, 1.807) is 7.11 Å². The van der Waals surface area contributed by atoms with Crippen LogP contribution in [0.15, 0.2) is 47.3 Å². The summed E-state index contributed by atoms with van der Waals surface area (Å²) in [5.74, 6) is 3.15. The molecule has 0 unspecified atom stereocenters. The Morgan fingerprint density at radius 1 is 1.25 bits per heavy atom. The van der Waals surface area contributed by atoms with Gasteiger partial charge in [-0.2, -0.15) is 21.8 Å². The highest BCUT2D eigenvalue weighted by Crippen LogP contribution is 2.44. The van der Waals surface area contributed by atoms with Crippen LogP contribution in [-0.4, -0.2) is 33.4 Å². The Morgan fingerprint density at radius 2 is 2.07 bits per heavy atom. The van der Waals surface area contributed by atoms with Crippen LogP contribution in [0.3, 0.4) is 0 Å². The molecule has 1 fully saturated rings. The van der Waals surface area contributed by atoms with Gasteiger partial charge in [-0.25, -0.2) is 4.68 Å². The number of hydrogen-bond donors (Lipinski definition) is 1. The maximum Gasteiger partial charge on any atom is 0.300 e. The van der Waals surface area contributed by atoms with Gasteiger partial charge in [-0.1, -0.05) is 11.6 Å². The second-order valence-electron chi connectivity index (χ2n) is 6.88. The molecule has 8 heteroatoms. The first-order valence-corrected chi connectivity index (χ1v) is 10.5. The summed E-state index contributed by atoms with van der Waals surface area (Å²) in [6.07, 6.45) is 0.895. The molecule has 2 aliphatic rings. The fourth-order valence-corrected chi connectivity index (χ4v) is 5.20. The monoisotopic (exact) mass is 412 g/mol. The molecule has 2 aliphatic heterocycles. The van der Waals surface area contributed by atoms with E-state index in [2.05, 4.69) is 10.3 Å². The molecular formula is C20H17ClN4O2S. The summed E-state index contributed by atoms with van der Waals surface area (Å²) in [7, 11) is 1.61. The van der Waals surface area contributed by atoms with Gasteiger partial charge in [0.1, 0.15) is 11.4 Å². The van der Waals surface area contributed by atoms with Crippen LogP contribution in [0.25, 0.3) is 22.6 Å². The standard InChI is InChI=1S/C20H17ClN4O2S/c1-27-14-5-2-12(3-6-14)17-19(26)22-18-15-10-13(21)4-7-16(15)23-20(25(18)24-17)8-9-28-11-20/h2-7,10,23H,8-9,11H2,1H3/t20-/m1/s1. The van der Waals surface area contributed by atoms with E-state index in [4.69, 9.17) is 21.4 Å². The lowest BCUT2D eigenvalue weighted by Crippen LogP contribution is -2.47. The van der Waals surface area contributed by atoms with Crippen LogP contribution in [0.5, 0.6) is 5.75 Å². The van der Waals surface area contributed by atoms with Gasteiger partial charge in [0.25, 0.3) is 5.56 Å². The Bertz CT molecular complexity index is 1120. The van der Waals surface area contributed by atoms with E-state index < -0.39 is 5.66 Å². The zero-order valence-electron chi connectivity index (χ0n) is 15.1. The molecule has 0 aliphatic carbocycles. The second kappa shape index (κ2) is 6.53. The maximum atomic E-state index is 12.9. The molecule has 2 aromatic carbocycles. The molecule has 0 bridgehead atoms. The Morgan fingerprint density at radius 3 is 2.79 bits per heavy atom. The lowest BCUT2D eigenvalue weighted by atomic mass is 10.0. The number of hydrogen-bond acceptors (Lipinski definition) is 6. The van der Waals surface area contributed by atoms with Crippen molar-refractivity contribution in [2.24, 2.45) is 0 Å². The largest absolute Gasteiger partial charge is 0.497 e. The molecule has 1 saturated heterocycles. The number of thioether (sulfide) groups is 1. The zero-order chi connectivity index (χ0) is 19.3. The molecule has 0 radical (unpaired) electrons. The third-order valence-electron chi connectivity index (χ3n) is 5.17. The third-order valence-corrected chi connectivity index (χ3v) is 6.58. The first kappa shape index (κ1) is 17.6. The van der Waals surface area contributed by atoms with E-state index in [-0.39, 0.29) is 5.56 Å². The van der Waals surface area contributed by atoms with Gasteiger partial charge in [-0.3, -0.25) is 4.79 Å². The van der Waals surface area contributed by atoms with Crippen LogP contribution < -0.4 is 15.6 Å². The van der Waals surface area contributed by atoms with E-state index in [0.717, 1.165) is 34.9 Å². The zero-order valence-corrected chi connectivity index (χ0v) is 16.7. The van der Waals surface area contributed by atoms with Gasteiger partial charge >= 0.3 is 0 Å². The molecule has 3 aromatic rings. The van der Waals surface area contributed by atoms with Crippen molar-refractivity contribution in [3.8, 4) is 28.4 Å². The minimum atomic E-state index is -0.400. The highest BCUT2D eigenvalue weighted by atomic mass is 35.5. The van der Waals surface area contributed by atoms with Crippen LogP contribution >= 0.6 is 23.4 Å². The highest BCUT2D eigenvalue weighted by molar-refractivity contribution is 7.99. The van der Waals surface area contributed by atoms with Crippen molar-refractivity contribution in [2.45, 2.75) is 12.1 Å². The van der Waals surface area contributed by atoms with Crippen molar-refractivity contribution >= 4 is 29.1 Å². The van der Waals surface area contributed by atoms with E-state index in [0.29, 0.717) is 22.1 Å². The second-order valence-corrected chi connectivity index (χ2v) is 8.42. The van der Waals surface area contributed by atoms with Crippen LogP contribution in [-0.2, 0) is 5.66 Å². The average Bonchev–Trinajstić information content (AvgIpc) is 3.18. The number of fused-ring (bicyclic) bond motifs is 4. The highest BCUT2D eigenvalue weighted by Gasteiger charge is 2.43. The van der Waals surface area contributed by atoms with Gasteiger partial charge in [0.15, 0.2) is 11.5 Å². The van der Waals surface area contributed by atoms with Gasteiger partial charge in [-0.05, 0) is 48.2 Å². The molecule has 6 nitrogen and oxygen atoms in total. The van der Waals surface area contributed by atoms with Crippen LogP contribution in [0.1, 0.15) is 6.42 Å². The maximum absolute atomic E-state index is 12.9. The molecule has 28 heavy (non-hydrogen) atoms. The molecule has 0 saturated carbocycles. The number of anilines is 1. The summed E-state index contributed by atoms with van der Waals surface area (Å²) in [5, 5.41) is 9.01. The topological polar surface area (TPSA) is 69.0 Å². The SMILES string of the molecule is COc1ccc(-c2nn3c(nc2=O)-c2cc(Cl)ccc2N[C@]32CCSC2)cc1. The Labute approximate surface area is 170 Å². The first-order chi connectivity index (χ1) is 13.6. The van der Waals surface area contributed by atoms with Crippen LogP contribution in [0.2, 0.25) is 5.02 Å². The number of benzene rings is 2. The number of nitrogens with zero attached hydrogens (tertiary/aromatic N) is 3. The fourth-order valence-electron chi connectivity index (χ4n) is 3.72. The molecule has 142 valence electrons. The summed E-state index contributed by atoms with van der Waals surface area (Å²) >= 11 is 8.07. The molecule has 1 aromatic heterocycles. The fraction of sp³-hybridized carbons (Fsp3) is 0.250. The molecule has 1 spiro atoms. The Hall–Kier alpha value is -2.51. The third kappa shape index (κ3) is 2.69. The van der Waals surface area contributed by atoms with Crippen LogP contribution in [0.4, 0.5) is 5.69 Å².